The van der Waals surface area contributed by atoms with Crippen LogP contribution in [0.2, 0.25) is 0 Å². The van der Waals surface area contributed by atoms with Crippen LogP contribution in [0.15, 0.2) is 108 Å². The molecule has 1 aromatic heterocycles. The number of anilines is 1. The number of rotatable bonds is 11. The summed E-state index contributed by atoms with van der Waals surface area (Å²) in [6.45, 7) is -0.533. The molecule has 1 atom stereocenters. The zero-order valence-electron chi connectivity index (χ0n) is 21.9. The van der Waals surface area contributed by atoms with Crippen molar-refractivity contribution in [1.29, 1.82) is 0 Å². The van der Waals surface area contributed by atoms with Crippen molar-refractivity contribution in [3.63, 3.8) is 0 Å². The number of halogens is 1. The Morgan fingerprint density at radius 3 is 2.17 bits per heavy atom. The third-order valence-corrected chi connectivity index (χ3v) is 6.55. The number of pyridine rings is 1. The van der Waals surface area contributed by atoms with Crippen molar-refractivity contribution < 1.29 is 23.9 Å². The summed E-state index contributed by atoms with van der Waals surface area (Å²) in [4.78, 5) is 57.8. The smallest absolute Gasteiger partial charge is 0.408 e. The number of alkyl carbamates (subject to hydrolysis) is 1. The molecule has 3 aromatic carbocycles. The Balaban J connectivity index is 1.68. The molecule has 0 aliphatic heterocycles. The van der Waals surface area contributed by atoms with Gasteiger partial charge in [0.2, 0.25) is 11.7 Å². The molecule has 9 nitrogen and oxygen atoms in total. The summed E-state index contributed by atoms with van der Waals surface area (Å²) in [7, 11) is 0. The molecule has 3 amide bonds. The van der Waals surface area contributed by atoms with Crippen molar-refractivity contribution in [2.75, 3.05) is 11.4 Å². The molecule has 208 valence electrons. The number of hydrogen-bond donors (Lipinski definition) is 2. The van der Waals surface area contributed by atoms with E-state index in [9.17, 15) is 19.2 Å². The average molecular weight is 615 g/mol. The minimum absolute atomic E-state index is 0.000636. The maximum atomic E-state index is 14.1. The number of primary amides is 1. The van der Waals surface area contributed by atoms with E-state index < -0.39 is 36.3 Å². The summed E-state index contributed by atoms with van der Waals surface area (Å²) >= 11 is 3.38. The topological polar surface area (TPSA) is 132 Å². The summed E-state index contributed by atoms with van der Waals surface area (Å²) in [5.41, 5.74) is 7.50. The van der Waals surface area contributed by atoms with E-state index in [0.29, 0.717) is 4.47 Å². The molecule has 0 fully saturated rings. The van der Waals surface area contributed by atoms with E-state index >= 15 is 0 Å². The van der Waals surface area contributed by atoms with Crippen LogP contribution in [0.4, 0.5) is 10.5 Å². The summed E-state index contributed by atoms with van der Waals surface area (Å²) in [5.74, 6) is -1.91. The molecule has 0 radical (unpaired) electrons. The number of ether oxygens (including phenoxy) is 1. The lowest BCUT2D eigenvalue weighted by Gasteiger charge is -2.28. The quantitative estimate of drug-likeness (QED) is 0.240. The van der Waals surface area contributed by atoms with E-state index in [4.69, 9.17) is 10.5 Å². The first-order valence-electron chi connectivity index (χ1n) is 12.7. The maximum Gasteiger partial charge on any atom is 0.408 e. The second-order valence-corrected chi connectivity index (χ2v) is 9.96. The van der Waals surface area contributed by atoms with E-state index in [-0.39, 0.29) is 30.0 Å². The van der Waals surface area contributed by atoms with Crippen LogP contribution < -0.4 is 16.0 Å². The van der Waals surface area contributed by atoms with Gasteiger partial charge in [0.05, 0.1) is 5.69 Å². The van der Waals surface area contributed by atoms with E-state index in [1.54, 1.807) is 30.3 Å². The normalized spacial score (nSPS) is 11.2. The van der Waals surface area contributed by atoms with Gasteiger partial charge in [0.15, 0.2) is 0 Å². The SMILES string of the molecule is NC(=O)CN(C(=O)[C@H](Cc1ccccc1)NC(=O)OCc1ccccc1)c1ccc(Br)cc1C(=O)c1ccccn1. The van der Waals surface area contributed by atoms with Gasteiger partial charge in [-0.1, -0.05) is 82.7 Å². The molecule has 41 heavy (non-hydrogen) atoms. The van der Waals surface area contributed by atoms with Crippen molar-refractivity contribution in [1.82, 2.24) is 10.3 Å². The van der Waals surface area contributed by atoms with Crippen LogP contribution in [0, 0.1) is 0 Å². The lowest BCUT2D eigenvalue weighted by molar-refractivity contribution is -0.123. The highest BCUT2D eigenvalue weighted by molar-refractivity contribution is 9.10. The summed E-state index contributed by atoms with van der Waals surface area (Å²) in [6.07, 6.45) is 0.760. The summed E-state index contributed by atoms with van der Waals surface area (Å²) < 4.78 is 5.95. The maximum absolute atomic E-state index is 14.1. The molecule has 0 aliphatic rings. The number of carbonyl (C=O) groups excluding carboxylic acids is 4. The molecule has 3 N–H and O–H groups in total. The van der Waals surface area contributed by atoms with Crippen molar-refractivity contribution in [3.8, 4) is 0 Å². The number of ketones is 1. The Morgan fingerprint density at radius 1 is 0.878 bits per heavy atom. The second-order valence-electron chi connectivity index (χ2n) is 9.04. The number of hydrogen-bond acceptors (Lipinski definition) is 6. The second kappa shape index (κ2) is 14.0. The highest BCUT2D eigenvalue weighted by atomic mass is 79.9. The highest BCUT2D eigenvalue weighted by Gasteiger charge is 2.31. The monoisotopic (exact) mass is 614 g/mol. The van der Waals surface area contributed by atoms with Crippen LogP contribution in [0.3, 0.4) is 0 Å². The summed E-state index contributed by atoms with van der Waals surface area (Å²) in [5, 5.41) is 2.64. The molecular weight excluding hydrogens is 588 g/mol. The number of nitrogens with zero attached hydrogens (tertiary/aromatic N) is 2. The first kappa shape index (κ1) is 29.2. The van der Waals surface area contributed by atoms with Gasteiger partial charge in [-0.15, -0.1) is 0 Å². The number of aromatic nitrogens is 1. The van der Waals surface area contributed by atoms with Crippen LogP contribution in [-0.2, 0) is 27.4 Å². The molecule has 0 aliphatic carbocycles. The van der Waals surface area contributed by atoms with E-state index in [2.05, 4.69) is 26.2 Å². The average Bonchev–Trinajstić information content (AvgIpc) is 2.99. The number of carbonyl (C=O) groups is 4. The predicted octanol–water partition coefficient (Wildman–Crippen LogP) is 4.43. The van der Waals surface area contributed by atoms with Crippen molar-refractivity contribution in [2.24, 2.45) is 5.73 Å². The Morgan fingerprint density at radius 2 is 1.54 bits per heavy atom. The number of amides is 3. The fourth-order valence-corrected chi connectivity index (χ4v) is 4.50. The van der Waals surface area contributed by atoms with Crippen molar-refractivity contribution in [2.45, 2.75) is 19.1 Å². The Kier molecular flexibility index (Phi) is 9.95. The molecule has 1 heterocycles. The lowest BCUT2D eigenvalue weighted by atomic mass is 10.0. The van der Waals surface area contributed by atoms with Gasteiger partial charge in [0, 0.05) is 22.7 Å². The Hall–Kier alpha value is -4.83. The van der Waals surface area contributed by atoms with Crippen LogP contribution in [0.25, 0.3) is 0 Å². The van der Waals surface area contributed by atoms with E-state index in [1.165, 1.54) is 12.3 Å². The third kappa shape index (κ3) is 8.09. The molecular formula is C31H27BrN4O5. The molecule has 0 saturated heterocycles. The first-order chi connectivity index (χ1) is 19.8. The lowest BCUT2D eigenvalue weighted by Crippen LogP contribution is -2.52. The number of benzene rings is 3. The zero-order chi connectivity index (χ0) is 29.2. The van der Waals surface area contributed by atoms with E-state index in [0.717, 1.165) is 16.0 Å². The van der Waals surface area contributed by atoms with Gasteiger partial charge in [-0.3, -0.25) is 19.4 Å². The molecule has 0 bridgehead atoms. The molecule has 0 saturated carbocycles. The predicted molar refractivity (Wildman–Crippen MR) is 157 cm³/mol. The largest absolute Gasteiger partial charge is 0.445 e. The molecule has 10 heteroatoms. The van der Waals surface area contributed by atoms with Gasteiger partial charge in [0.25, 0.3) is 5.91 Å². The van der Waals surface area contributed by atoms with Crippen LogP contribution in [-0.4, -0.2) is 41.3 Å². The van der Waals surface area contributed by atoms with Gasteiger partial charge < -0.3 is 20.7 Å². The Labute approximate surface area is 245 Å². The van der Waals surface area contributed by atoms with Crippen LogP contribution in [0.1, 0.15) is 27.2 Å². The van der Waals surface area contributed by atoms with Crippen molar-refractivity contribution >= 4 is 45.3 Å². The fourth-order valence-electron chi connectivity index (χ4n) is 4.14. The third-order valence-electron chi connectivity index (χ3n) is 6.06. The molecule has 4 aromatic rings. The van der Waals surface area contributed by atoms with Gasteiger partial charge in [-0.2, -0.15) is 0 Å². The van der Waals surface area contributed by atoms with Crippen LogP contribution in [0.5, 0.6) is 0 Å². The first-order valence-corrected chi connectivity index (χ1v) is 13.5. The van der Waals surface area contributed by atoms with Gasteiger partial charge in [-0.05, 0) is 41.5 Å². The van der Waals surface area contributed by atoms with Crippen LogP contribution >= 0.6 is 15.9 Å². The molecule has 4 rings (SSSR count). The molecule has 0 spiro atoms. The minimum Gasteiger partial charge on any atom is -0.445 e. The highest BCUT2D eigenvalue weighted by Crippen LogP contribution is 2.28. The zero-order valence-corrected chi connectivity index (χ0v) is 23.5. The van der Waals surface area contributed by atoms with Gasteiger partial charge >= 0.3 is 6.09 Å². The number of nitrogens with one attached hydrogen (secondary N) is 1. The molecule has 0 unspecified atom stereocenters. The summed E-state index contributed by atoms with van der Waals surface area (Å²) in [6, 6.07) is 26.6. The Bertz CT molecular complexity index is 1520. The fraction of sp³-hybridized carbons (Fsp3) is 0.129. The standard InChI is InChI=1S/C31H27BrN4O5/c32-23-14-15-27(24(18-23)29(38)25-13-7-8-16-34-25)36(19-28(33)37)30(39)26(17-21-9-3-1-4-10-21)35-31(40)41-20-22-11-5-2-6-12-22/h1-16,18,26H,17,19-20H2,(H2,33,37)(H,35,40)/t26-/m0/s1. The van der Waals surface area contributed by atoms with Crippen molar-refractivity contribution in [3.05, 3.63) is 130 Å². The minimum atomic E-state index is -1.15. The number of nitrogens with two attached hydrogens (primary N) is 1. The van der Waals surface area contributed by atoms with E-state index in [1.807, 2.05) is 60.7 Å². The van der Waals surface area contributed by atoms with Gasteiger partial charge in [0.1, 0.15) is 24.9 Å². The van der Waals surface area contributed by atoms with Gasteiger partial charge in [-0.25, -0.2) is 4.79 Å².